The smallest absolute Gasteiger partial charge is 0.143 e. The minimum Gasteiger partial charge on any atom is -0.456 e. The highest BCUT2D eigenvalue weighted by atomic mass is 16.3. The standard InChI is InChI=1S/2C46H28N2O.C46H30N2/c1-2-14-31(15-3-1)47-41-25-24-29-12-4-5-17-33(29)45(41)39-27-38-35-18-6-8-22-40(35)48(42(38)28-43(39)47)32-16-10-13-30(26-32)34-20-11-21-37-36-19-7-9-23-44(36)49-46(34)37;1-2-14-31(15-3-1)47-40-25-24-29-12-4-5-17-33(29)45(40)38-27-37-35-18-6-8-21-39(35)48(41(37)28-42(38)47)32-16-10-13-30(26-32)34-20-11-23-44-46(34)36-19-7-9-22-43(36)49-44;1-4-14-31(15-5-1)34-26-35(32-16-6-2-7-17-32)28-37(27-34)48-42-23-13-12-22-39(42)40-29-41-45(30-44(40)48)47(36-19-8-3-9-20-36)43-25-24-33-18-10-11-21-38(33)46(41)43/h2*1-28H;1-30H. The average molecular weight is 1860 g/mol. The summed E-state index contributed by atoms with van der Waals surface area (Å²) >= 11 is 0. The molecule has 0 unspecified atom stereocenters. The Balaban J connectivity index is 0.000000102. The summed E-state index contributed by atoms with van der Waals surface area (Å²) in [5.41, 5.74) is 34.2. The zero-order valence-corrected chi connectivity index (χ0v) is 79.2. The minimum atomic E-state index is 0.907. The molecule has 0 saturated carbocycles. The number of hydrogen-bond donors (Lipinski definition) is 0. The van der Waals surface area contributed by atoms with E-state index in [1.807, 2.05) is 24.3 Å². The monoisotopic (exact) mass is 1860 g/mol. The summed E-state index contributed by atoms with van der Waals surface area (Å²) in [4.78, 5) is 0. The molecule has 0 radical (unpaired) electrons. The molecule has 8 heterocycles. The summed E-state index contributed by atoms with van der Waals surface area (Å²) < 4.78 is 27.4. The molecule has 146 heavy (non-hydrogen) atoms. The van der Waals surface area contributed by atoms with Gasteiger partial charge in [0.1, 0.15) is 22.3 Å². The van der Waals surface area contributed by atoms with Crippen LogP contribution in [0.25, 0.3) is 286 Å². The number of nitrogens with zero attached hydrogens (tertiary/aromatic N) is 6. The molecule has 8 heteroatoms. The number of rotatable bonds is 10. The summed E-state index contributed by atoms with van der Waals surface area (Å²) in [7, 11) is 0. The van der Waals surface area contributed by atoms with Crippen LogP contribution in [-0.2, 0) is 0 Å². The summed E-state index contributed by atoms with van der Waals surface area (Å²) in [6, 6.07) is 189. The van der Waals surface area contributed by atoms with Crippen LogP contribution in [0.15, 0.2) is 531 Å². The molecular weight excluding hydrogens is 1770 g/mol. The van der Waals surface area contributed by atoms with E-state index in [4.69, 9.17) is 8.83 Å². The van der Waals surface area contributed by atoms with Gasteiger partial charge in [-0.2, -0.15) is 0 Å². The van der Waals surface area contributed by atoms with Gasteiger partial charge >= 0.3 is 0 Å². The first-order valence-corrected chi connectivity index (χ1v) is 50.1. The molecule has 0 saturated heterocycles. The molecule has 0 fully saturated rings. The van der Waals surface area contributed by atoms with E-state index >= 15 is 0 Å². The summed E-state index contributed by atoms with van der Waals surface area (Å²) in [5, 5.41) is 27.3. The molecular formula is C138H86N6O2. The molecule has 8 nitrogen and oxygen atoms in total. The molecule has 8 aromatic heterocycles. The van der Waals surface area contributed by atoms with Crippen molar-refractivity contribution in [3.63, 3.8) is 0 Å². The molecule has 0 amide bonds. The maximum Gasteiger partial charge on any atom is 0.143 e. The van der Waals surface area contributed by atoms with Crippen molar-refractivity contribution < 1.29 is 8.83 Å². The Hall–Kier alpha value is -19.5. The normalized spacial score (nSPS) is 12.0. The third-order valence-corrected chi connectivity index (χ3v) is 30.4. The van der Waals surface area contributed by atoms with Crippen molar-refractivity contribution in [2.75, 3.05) is 0 Å². The summed E-state index contributed by atoms with van der Waals surface area (Å²) in [6.45, 7) is 0. The predicted octanol–water partition coefficient (Wildman–Crippen LogP) is 37.6. The molecule has 0 atom stereocenters. The SMILES string of the molecule is c1ccc(-c2cc(-c3ccccc3)cc(-n3c4ccccc4c4cc5c6c7ccccc7ccc6n(-c6ccccc6)c5cc43)c2)cc1.c1ccc(-n2c3cc4c(cc3c3c5ccccc5ccc32)c2ccccc2n4-c2cccc(-c3cccc4c3oc3ccccc34)c2)cc1.c1ccc(-n2c3cc4c(cc3c3c5ccccc5ccc32)c2ccccc2n4-c2cccc(-c3cccc4oc5ccccc5c34)c2)cc1. The zero-order valence-electron chi connectivity index (χ0n) is 79.2. The third kappa shape index (κ3) is 12.9. The second kappa shape index (κ2) is 33.1. The van der Waals surface area contributed by atoms with Crippen LogP contribution in [0.1, 0.15) is 0 Å². The van der Waals surface area contributed by atoms with E-state index in [2.05, 4.69) is 525 Å². The summed E-state index contributed by atoms with van der Waals surface area (Å²) in [6.07, 6.45) is 0. The van der Waals surface area contributed by atoms with Crippen LogP contribution in [-0.4, -0.2) is 27.4 Å². The highest BCUT2D eigenvalue weighted by Crippen LogP contribution is 2.50. The van der Waals surface area contributed by atoms with Crippen molar-refractivity contribution in [1.82, 2.24) is 27.4 Å². The average Bonchev–Trinajstić information content (AvgIpc) is 1.55. The molecule has 0 aliphatic rings. The van der Waals surface area contributed by atoms with Crippen LogP contribution in [0.3, 0.4) is 0 Å². The Kier molecular flexibility index (Phi) is 18.6. The van der Waals surface area contributed by atoms with E-state index in [0.29, 0.717) is 0 Å². The number of para-hydroxylation sites is 9. The topological polar surface area (TPSA) is 55.9 Å². The van der Waals surface area contributed by atoms with Gasteiger partial charge in [-0.15, -0.1) is 0 Å². The molecule has 32 rings (SSSR count). The Labute approximate surface area is 837 Å². The fourth-order valence-electron chi connectivity index (χ4n) is 24.1. The van der Waals surface area contributed by atoms with Crippen molar-refractivity contribution in [1.29, 1.82) is 0 Å². The lowest BCUT2D eigenvalue weighted by atomic mass is 9.98. The quantitative estimate of drug-likeness (QED) is 0.137. The molecule has 0 spiro atoms. The highest BCUT2D eigenvalue weighted by Gasteiger charge is 2.28. The first-order valence-electron chi connectivity index (χ1n) is 50.1. The van der Waals surface area contributed by atoms with Crippen LogP contribution in [0.2, 0.25) is 0 Å². The molecule has 0 aliphatic heterocycles. The van der Waals surface area contributed by atoms with Crippen molar-refractivity contribution in [2.45, 2.75) is 0 Å². The Morgan fingerprint density at radius 2 is 0.418 bits per heavy atom. The van der Waals surface area contributed by atoms with Gasteiger partial charge in [0.2, 0.25) is 0 Å². The number of benzene rings is 24. The Bertz CT molecular complexity index is 10900. The van der Waals surface area contributed by atoms with Gasteiger partial charge < -0.3 is 36.2 Å². The van der Waals surface area contributed by atoms with Crippen molar-refractivity contribution >= 4 is 207 Å². The lowest BCUT2D eigenvalue weighted by molar-refractivity contribution is 0.669. The van der Waals surface area contributed by atoms with Gasteiger partial charge in [0.25, 0.3) is 0 Å². The fourth-order valence-corrected chi connectivity index (χ4v) is 24.1. The Morgan fingerprint density at radius 1 is 0.123 bits per heavy atom. The van der Waals surface area contributed by atoms with E-state index in [-0.39, 0.29) is 0 Å². The van der Waals surface area contributed by atoms with Crippen molar-refractivity contribution in [3.05, 3.63) is 522 Å². The van der Waals surface area contributed by atoms with Gasteiger partial charge in [0.15, 0.2) is 0 Å². The Morgan fingerprint density at radius 3 is 0.856 bits per heavy atom. The molecule has 0 N–H and O–H groups in total. The van der Waals surface area contributed by atoms with Gasteiger partial charge in [0, 0.05) is 126 Å². The zero-order chi connectivity index (χ0) is 95.7. The first kappa shape index (κ1) is 82.4. The molecule has 24 aromatic carbocycles. The molecule has 680 valence electrons. The maximum absolute atomic E-state index is 6.46. The predicted molar refractivity (Wildman–Crippen MR) is 614 cm³/mol. The number of furan rings is 2. The van der Waals surface area contributed by atoms with E-state index in [0.717, 1.165) is 94.7 Å². The molecule has 32 aromatic rings. The lowest BCUT2D eigenvalue weighted by Crippen LogP contribution is -1.97. The van der Waals surface area contributed by atoms with E-state index in [1.165, 1.54) is 191 Å². The number of aromatic nitrogens is 6. The second-order valence-corrected chi connectivity index (χ2v) is 38.4. The maximum atomic E-state index is 6.46. The second-order valence-electron chi connectivity index (χ2n) is 38.4. The van der Waals surface area contributed by atoms with Crippen molar-refractivity contribution in [3.8, 4) is 78.6 Å². The van der Waals surface area contributed by atoms with Crippen LogP contribution in [0.4, 0.5) is 0 Å². The molecule has 0 aliphatic carbocycles. The van der Waals surface area contributed by atoms with Crippen LogP contribution < -0.4 is 0 Å². The van der Waals surface area contributed by atoms with Crippen LogP contribution in [0, 0.1) is 0 Å². The van der Waals surface area contributed by atoms with Crippen LogP contribution >= 0.6 is 0 Å². The van der Waals surface area contributed by atoms with E-state index in [1.54, 1.807) is 0 Å². The third-order valence-electron chi connectivity index (χ3n) is 30.4. The molecule has 0 bridgehead atoms. The fraction of sp³-hybridized carbons (Fsp3) is 0. The lowest BCUT2D eigenvalue weighted by Gasteiger charge is -2.14. The highest BCUT2D eigenvalue weighted by molar-refractivity contribution is 6.30. The van der Waals surface area contributed by atoms with Gasteiger partial charge in [-0.25, -0.2) is 0 Å². The summed E-state index contributed by atoms with van der Waals surface area (Å²) in [5.74, 6) is 0. The number of fused-ring (bicyclic) bond motifs is 30. The largest absolute Gasteiger partial charge is 0.456 e. The van der Waals surface area contributed by atoms with E-state index in [9.17, 15) is 0 Å². The number of hydrogen-bond acceptors (Lipinski definition) is 2. The van der Waals surface area contributed by atoms with Gasteiger partial charge in [0.05, 0.1) is 66.2 Å². The van der Waals surface area contributed by atoms with Gasteiger partial charge in [-0.3, -0.25) is 0 Å². The van der Waals surface area contributed by atoms with Gasteiger partial charge in [-0.05, 0) is 241 Å². The van der Waals surface area contributed by atoms with Crippen molar-refractivity contribution in [2.24, 2.45) is 0 Å². The van der Waals surface area contributed by atoms with Crippen LogP contribution in [0.5, 0.6) is 0 Å². The minimum absolute atomic E-state index is 0.907. The first-order chi connectivity index (χ1) is 72.4. The van der Waals surface area contributed by atoms with Gasteiger partial charge in [-0.1, -0.05) is 352 Å². The van der Waals surface area contributed by atoms with E-state index < -0.39 is 0 Å².